The number of nitrogens with one attached hydrogen (secondary N) is 1. The molecule has 29 heavy (non-hydrogen) atoms. The van der Waals surface area contributed by atoms with Gasteiger partial charge in [0.25, 0.3) is 5.91 Å². The van der Waals surface area contributed by atoms with Crippen LogP contribution in [0.3, 0.4) is 0 Å². The van der Waals surface area contributed by atoms with Crippen LogP contribution >= 0.6 is 23.2 Å². The number of rotatable bonds is 9. The molecule has 0 spiro atoms. The zero-order valence-electron chi connectivity index (χ0n) is 16.1. The Morgan fingerprint density at radius 2 is 1.97 bits per heavy atom. The predicted octanol–water partition coefficient (Wildman–Crippen LogP) is 4.30. The fraction of sp³-hybridized carbons (Fsp3) is 0.190. The summed E-state index contributed by atoms with van der Waals surface area (Å²) in [7, 11) is 2.92. The van der Waals surface area contributed by atoms with Gasteiger partial charge in [-0.1, -0.05) is 82.0 Å². The first-order chi connectivity index (χ1) is 14.0. The second kappa shape index (κ2) is 11.9. The molecule has 0 saturated heterocycles. The van der Waals surface area contributed by atoms with E-state index in [9.17, 15) is 4.79 Å². The number of hydrogen-bond donors (Lipinski definition) is 1. The lowest BCUT2D eigenvalue weighted by atomic mass is 10.0. The SMILES string of the molecule is CNC(=O)/C(=N\OC)c1ccccc1CO/N=C/Cc1cccc(C=C(Cl)Cl)c1. The van der Waals surface area contributed by atoms with Gasteiger partial charge in [-0.05, 0) is 17.2 Å². The molecule has 8 heteroatoms. The maximum absolute atomic E-state index is 12.1. The van der Waals surface area contributed by atoms with E-state index in [0.717, 1.165) is 16.7 Å². The molecular formula is C21H21Cl2N3O3. The Morgan fingerprint density at radius 3 is 2.69 bits per heavy atom. The van der Waals surface area contributed by atoms with Crippen molar-refractivity contribution in [2.24, 2.45) is 10.3 Å². The van der Waals surface area contributed by atoms with Gasteiger partial charge in [0.15, 0.2) is 5.71 Å². The number of carbonyl (C=O) groups excluding carboxylic acids is 1. The highest BCUT2D eigenvalue weighted by Gasteiger charge is 2.17. The average Bonchev–Trinajstić information content (AvgIpc) is 2.71. The molecule has 0 heterocycles. The maximum Gasteiger partial charge on any atom is 0.273 e. The third-order valence-electron chi connectivity index (χ3n) is 3.82. The monoisotopic (exact) mass is 433 g/mol. The highest BCUT2D eigenvalue weighted by Crippen LogP contribution is 2.15. The number of carbonyl (C=O) groups is 1. The fourth-order valence-electron chi connectivity index (χ4n) is 2.54. The van der Waals surface area contributed by atoms with Crippen LogP contribution in [-0.4, -0.2) is 32.0 Å². The summed E-state index contributed by atoms with van der Waals surface area (Å²) < 4.78 is 0.200. The highest BCUT2D eigenvalue weighted by atomic mass is 35.5. The molecule has 2 aromatic rings. The Morgan fingerprint density at radius 1 is 1.17 bits per heavy atom. The van der Waals surface area contributed by atoms with Crippen molar-refractivity contribution >= 4 is 47.1 Å². The van der Waals surface area contributed by atoms with Crippen LogP contribution in [0.25, 0.3) is 6.08 Å². The van der Waals surface area contributed by atoms with Gasteiger partial charge in [-0.3, -0.25) is 4.79 Å². The zero-order chi connectivity index (χ0) is 21.1. The molecule has 2 aromatic carbocycles. The van der Waals surface area contributed by atoms with Crippen molar-refractivity contribution in [2.45, 2.75) is 13.0 Å². The van der Waals surface area contributed by atoms with Gasteiger partial charge in [-0.15, -0.1) is 0 Å². The van der Waals surface area contributed by atoms with Crippen molar-refractivity contribution in [1.82, 2.24) is 5.32 Å². The van der Waals surface area contributed by atoms with E-state index in [2.05, 4.69) is 15.6 Å². The third-order valence-corrected chi connectivity index (χ3v) is 4.04. The van der Waals surface area contributed by atoms with Crippen LogP contribution in [-0.2, 0) is 27.5 Å². The largest absolute Gasteiger partial charge is 0.398 e. The topological polar surface area (TPSA) is 72.3 Å². The molecule has 152 valence electrons. The Kier molecular flexibility index (Phi) is 9.21. The van der Waals surface area contributed by atoms with Gasteiger partial charge < -0.3 is 15.0 Å². The van der Waals surface area contributed by atoms with Crippen molar-refractivity contribution in [1.29, 1.82) is 0 Å². The average molecular weight is 434 g/mol. The molecule has 2 rings (SSSR count). The third kappa shape index (κ3) is 7.25. The van der Waals surface area contributed by atoms with Crippen LogP contribution < -0.4 is 5.32 Å². The van der Waals surface area contributed by atoms with Crippen molar-refractivity contribution < 1.29 is 14.5 Å². The Labute approximate surface area is 179 Å². The van der Waals surface area contributed by atoms with Crippen molar-refractivity contribution in [2.75, 3.05) is 14.2 Å². The lowest BCUT2D eigenvalue weighted by Crippen LogP contribution is -2.29. The normalized spacial score (nSPS) is 11.2. The summed E-state index contributed by atoms with van der Waals surface area (Å²) in [5.41, 5.74) is 3.48. The van der Waals surface area contributed by atoms with E-state index in [4.69, 9.17) is 32.9 Å². The van der Waals surface area contributed by atoms with Gasteiger partial charge in [0.1, 0.15) is 18.2 Å². The maximum atomic E-state index is 12.1. The molecule has 0 aliphatic carbocycles. The van der Waals surface area contributed by atoms with E-state index in [0.29, 0.717) is 12.0 Å². The minimum Gasteiger partial charge on any atom is -0.398 e. The fourth-order valence-corrected chi connectivity index (χ4v) is 2.79. The predicted molar refractivity (Wildman–Crippen MR) is 117 cm³/mol. The summed E-state index contributed by atoms with van der Waals surface area (Å²) in [5, 5.41) is 10.4. The molecule has 1 amide bonds. The standard InChI is InChI=1S/C21H21Cl2N3O3/c1-24-21(27)20(26-28-2)18-9-4-3-8-17(18)14-29-25-11-10-15-6-5-7-16(12-15)13-19(22)23/h3-9,11-13H,10,14H2,1-2H3,(H,24,27)/b25-11+,26-20-. The van der Waals surface area contributed by atoms with E-state index in [1.54, 1.807) is 18.4 Å². The van der Waals surface area contributed by atoms with Crippen LogP contribution in [0.4, 0.5) is 0 Å². The highest BCUT2D eigenvalue weighted by molar-refractivity contribution is 6.57. The molecule has 0 saturated carbocycles. The lowest BCUT2D eigenvalue weighted by molar-refractivity contribution is -0.114. The van der Waals surface area contributed by atoms with Gasteiger partial charge in [0.2, 0.25) is 0 Å². The van der Waals surface area contributed by atoms with E-state index in [1.807, 2.05) is 42.5 Å². The summed E-state index contributed by atoms with van der Waals surface area (Å²) >= 11 is 11.4. The Hall–Kier alpha value is -2.83. The number of nitrogens with zero attached hydrogens (tertiary/aromatic N) is 2. The Bertz CT molecular complexity index is 923. The first-order valence-electron chi connectivity index (χ1n) is 8.72. The van der Waals surface area contributed by atoms with Crippen molar-refractivity contribution in [3.05, 3.63) is 75.3 Å². The summed E-state index contributed by atoms with van der Waals surface area (Å²) in [6, 6.07) is 15.0. The van der Waals surface area contributed by atoms with Crippen LogP contribution in [0.2, 0.25) is 0 Å². The Balaban J connectivity index is 2.02. The summed E-state index contributed by atoms with van der Waals surface area (Å²) in [5.74, 6) is -0.353. The van der Waals surface area contributed by atoms with E-state index >= 15 is 0 Å². The van der Waals surface area contributed by atoms with Gasteiger partial charge in [0.05, 0.1) is 0 Å². The molecular weight excluding hydrogens is 413 g/mol. The van der Waals surface area contributed by atoms with Gasteiger partial charge in [-0.25, -0.2) is 0 Å². The quantitative estimate of drug-likeness (QED) is 0.473. The molecule has 0 fully saturated rings. The van der Waals surface area contributed by atoms with Crippen LogP contribution in [0, 0.1) is 0 Å². The van der Waals surface area contributed by atoms with Crippen molar-refractivity contribution in [3.63, 3.8) is 0 Å². The van der Waals surface area contributed by atoms with Gasteiger partial charge >= 0.3 is 0 Å². The van der Waals surface area contributed by atoms with Crippen molar-refractivity contribution in [3.8, 4) is 0 Å². The minimum atomic E-state index is -0.353. The summed E-state index contributed by atoms with van der Waals surface area (Å²) in [6.07, 6.45) is 3.91. The van der Waals surface area contributed by atoms with Crippen LogP contribution in [0.5, 0.6) is 0 Å². The van der Waals surface area contributed by atoms with Gasteiger partial charge in [0, 0.05) is 30.8 Å². The molecule has 0 radical (unpaired) electrons. The number of halogens is 2. The van der Waals surface area contributed by atoms with E-state index in [1.165, 1.54) is 14.2 Å². The summed E-state index contributed by atoms with van der Waals surface area (Å²) in [4.78, 5) is 22.3. The molecule has 0 atom stereocenters. The number of benzene rings is 2. The first kappa shape index (κ1) is 22.5. The number of oxime groups is 2. The zero-order valence-corrected chi connectivity index (χ0v) is 17.6. The number of amides is 1. The first-order valence-corrected chi connectivity index (χ1v) is 9.47. The van der Waals surface area contributed by atoms with Crippen LogP contribution in [0.15, 0.2) is 63.3 Å². The molecule has 0 aliphatic rings. The molecule has 0 aromatic heterocycles. The molecule has 0 aliphatic heterocycles. The number of likely N-dealkylation sites (N-methyl/N-ethyl adjacent to an activating group) is 1. The summed E-state index contributed by atoms with van der Waals surface area (Å²) in [6.45, 7) is 0.178. The van der Waals surface area contributed by atoms with E-state index < -0.39 is 0 Å². The molecule has 6 nitrogen and oxygen atoms in total. The molecule has 0 bridgehead atoms. The van der Waals surface area contributed by atoms with Gasteiger partial charge in [-0.2, -0.15) is 0 Å². The second-order valence-electron chi connectivity index (χ2n) is 5.80. The second-order valence-corrected chi connectivity index (χ2v) is 6.81. The molecule has 1 N–H and O–H groups in total. The van der Waals surface area contributed by atoms with Crippen LogP contribution in [0.1, 0.15) is 22.3 Å². The molecule has 0 unspecified atom stereocenters. The minimum absolute atomic E-state index is 0.168. The number of hydrogen-bond acceptors (Lipinski definition) is 5. The smallest absolute Gasteiger partial charge is 0.273 e. The van der Waals surface area contributed by atoms with E-state index in [-0.39, 0.29) is 22.7 Å². The lowest BCUT2D eigenvalue weighted by Gasteiger charge is -2.09.